The van der Waals surface area contributed by atoms with Gasteiger partial charge in [0.1, 0.15) is 6.10 Å². The minimum absolute atomic E-state index is 0.120. The second-order valence-corrected chi connectivity index (χ2v) is 11.5. The van der Waals surface area contributed by atoms with Crippen LogP contribution in [0.15, 0.2) is 59.8 Å². The molecule has 3 heterocycles. The summed E-state index contributed by atoms with van der Waals surface area (Å²) < 4.78 is 30.7. The zero-order chi connectivity index (χ0) is 23.7. The molecule has 34 heavy (non-hydrogen) atoms. The maximum absolute atomic E-state index is 11.7. The number of nitrogens with zero attached hydrogens (tertiary/aromatic N) is 4. The molecule has 0 atom stereocenters. The number of hydrogen-bond acceptors (Lipinski definition) is 8. The Labute approximate surface area is 203 Å². The van der Waals surface area contributed by atoms with E-state index in [1.54, 1.807) is 23.5 Å². The van der Waals surface area contributed by atoms with Crippen molar-refractivity contribution in [3.05, 3.63) is 60.4 Å². The molecule has 0 unspecified atom stereocenters. The number of aromatic nitrogens is 3. The number of hydrogen-bond donors (Lipinski definition) is 0. The van der Waals surface area contributed by atoms with Crippen LogP contribution in [0, 0.1) is 0 Å². The van der Waals surface area contributed by atoms with Gasteiger partial charge in [0.2, 0.25) is 5.95 Å². The van der Waals surface area contributed by atoms with Gasteiger partial charge in [0.05, 0.1) is 15.1 Å². The van der Waals surface area contributed by atoms with E-state index >= 15 is 0 Å². The van der Waals surface area contributed by atoms with Gasteiger partial charge in [-0.3, -0.25) is 0 Å². The van der Waals surface area contributed by atoms with Crippen molar-refractivity contribution in [3.8, 4) is 16.3 Å². The van der Waals surface area contributed by atoms with E-state index in [9.17, 15) is 8.42 Å². The van der Waals surface area contributed by atoms with Crippen LogP contribution in [0.2, 0.25) is 0 Å². The summed E-state index contributed by atoms with van der Waals surface area (Å²) in [4.78, 5) is 16.2. The summed E-state index contributed by atoms with van der Waals surface area (Å²) in [5.41, 5.74) is 4.03. The van der Waals surface area contributed by atoms with Gasteiger partial charge < -0.3 is 9.64 Å². The number of piperidine rings is 1. The molecule has 1 aliphatic heterocycles. The monoisotopic (exact) mass is 494 g/mol. The lowest BCUT2D eigenvalue weighted by Gasteiger charge is -2.31. The number of sulfone groups is 1. The Morgan fingerprint density at radius 3 is 2.35 bits per heavy atom. The maximum atomic E-state index is 11.7. The quantitative estimate of drug-likeness (QED) is 0.382. The van der Waals surface area contributed by atoms with Crippen molar-refractivity contribution in [1.29, 1.82) is 0 Å². The van der Waals surface area contributed by atoms with Crippen LogP contribution in [0.3, 0.4) is 0 Å². The fourth-order valence-corrected chi connectivity index (χ4v) is 5.59. The number of ether oxygens (including phenoxy) is 1. The third-order valence-corrected chi connectivity index (χ3v) is 8.11. The minimum atomic E-state index is -3.20. The van der Waals surface area contributed by atoms with Gasteiger partial charge in [-0.15, -0.1) is 0 Å². The van der Waals surface area contributed by atoms with Crippen LogP contribution >= 0.6 is 11.3 Å². The number of rotatable bonds is 6. The van der Waals surface area contributed by atoms with Crippen LogP contribution < -0.4 is 9.64 Å². The van der Waals surface area contributed by atoms with Crippen LogP contribution in [-0.2, 0) is 16.3 Å². The molecule has 0 aliphatic carbocycles. The first-order valence-electron chi connectivity index (χ1n) is 11.3. The molecule has 1 fully saturated rings. The first-order valence-corrected chi connectivity index (χ1v) is 14.0. The maximum Gasteiger partial charge on any atom is 0.274 e. The second-order valence-electron chi connectivity index (χ2n) is 8.51. The highest BCUT2D eigenvalue weighted by Crippen LogP contribution is 2.33. The lowest BCUT2D eigenvalue weighted by molar-refractivity contribution is 0.170. The Morgan fingerprint density at radius 2 is 1.71 bits per heavy atom. The van der Waals surface area contributed by atoms with Gasteiger partial charge >= 0.3 is 0 Å². The van der Waals surface area contributed by atoms with Gasteiger partial charge in [-0.05, 0) is 47.4 Å². The standard InChI is InChI=1S/C25H26N4O3S2/c1-3-17-15-26-24(27-16-17)29-12-10-20(11-13-29)32-25-28-22-9-6-19(14-23(22)33-25)18-4-7-21(8-5-18)34(2,30)31/h4-9,14-16,20H,3,10-13H2,1-2H3. The van der Waals surface area contributed by atoms with Crippen molar-refractivity contribution in [2.24, 2.45) is 0 Å². The van der Waals surface area contributed by atoms with Gasteiger partial charge in [0.15, 0.2) is 9.84 Å². The highest BCUT2D eigenvalue weighted by atomic mass is 32.2. The molecule has 0 saturated carbocycles. The number of benzene rings is 2. The minimum Gasteiger partial charge on any atom is -0.467 e. The van der Waals surface area contributed by atoms with Crippen molar-refractivity contribution in [2.75, 3.05) is 24.2 Å². The van der Waals surface area contributed by atoms with E-state index in [-0.39, 0.29) is 6.10 Å². The molecule has 0 N–H and O–H groups in total. The molecule has 5 rings (SSSR count). The predicted molar refractivity (Wildman–Crippen MR) is 135 cm³/mol. The Hall–Kier alpha value is -3.04. The van der Waals surface area contributed by atoms with Gasteiger partial charge in [-0.1, -0.05) is 36.5 Å². The number of fused-ring (bicyclic) bond motifs is 1. The SMILES string of the molecule is CCc1cnc(N2CCC(Oc3nc4ccc(-c5ccc(S(C)(=O)=O)cc5)cc4s3)CC2)nc1. The van der Waals surface area contributed by atoms with E-state index in [2.05, 4.69) is 32.8 Å². The van der Waals surface area contributed by atoms with Gasteiger partial charge in [0, 0.05) is 44.6 Å². The van der Waals surface area contributed by atoms with Crippen molar-refractivity contribution in [2.45, 2.75) is 37.2 Å². The largest absolute Gasteiger partial charge is 0.467 e. The Morgan fingerprint density at radius 1 is 1.03 bits per heavy atom. The molecular weight excluding hydrogens is 468 g/mol. The van der Waals surface area contributed by atoms with E-state index in [0.29, 0.717) is 10.1 Å². The first kappa shape index (κ1) is 22.7. The molecule has 0 spiro atoms. The normalized spacial score (nSPS) is 15.1. The van der Waals surface area contributed by atoms with E-state index in [0.717, 1.165) is 65.2 Å². The summed E-state index contributed by atoms with van der Waals surface area (Å²) in [7, 11) is -3.20. The average molecular weight is 495 g/mol. The number of thiazole rings is 1. The van der Waals surface area contributed by atoms with Crippen LogP contribution in [0.25, 0.3) is 21.3 Å². The summed E-state index contributed by atoms with van der Waals surface area (Å²) in [6.07, 6.45) is 7.87. The summed E-state index contributed by atoms with van der Waals surface area (Å²) in [5, 5.41) is 0.682. The van der Waals surface area contributed by atoms with Crippen LogP contribution in [0.4, 0.5) is 5.95 Å². The third kappa shape index (κ3) is 4.90. The summed E-state index contributed by atoms with van der Waals surface area (Å²) in [5.74, 6) is 0.785. The molecule has 0 bridgehead atoms. The van der Waals surface area contributed by atoms with Crippen LogP contribution in [-0.4, -0.2) is 48.8 Å². The molecule has 2 aromatic heterocycles. The predicted octanol–water partition coefficient (Wildman–Crippen LogP) is 4.77. The first-order chi connectivity index (χ1) is 16.4. The molecule has 1 aliphatic rings. The van der Waals surface area contributed by atoms with Crippen molar-refractivity contribution < 1.29 is 13.2 Å². The number of anilines is 1. The zero-order valence-electron chi connectivity index (χ0n) is 19.1. The summed E-state index contributed by atoms with van der Waals surface area (Å²) >= 11 is 1.54. The molecule has 2 aromatic carbocycles. The number of aryl methyl sites for hydroxylation is 1. The molecule has 9 heteroatoms. The van der Waals surface area contributed by atoms with E-state index in [1.165, 1.54) is 6.26 Å². The van der Waals surface area contributed by atoms with Crippen LogP contribution in [0.5, 0.6) is 5.19 Å². The van der Waals surface area contributed by atoms with E-state index < -0.39 is 9.84 Å². The lowest BCUT2D eigenvalue weighted by atomic mass is 10.1. The molecule has 0 amide bonds. The molecule has 0 radical (unpaired) electrons. The average Bonchev–Trinajstić information content (AvgIpc) is 3.25. The molecule has 4 aromatic rings. The fraction of sp³-hybridized carbons (Fsp3) is 0.320. The van der Waals surface area contributed by atoms with Crippen molar-refractivity contribution in [3.63, 3.8) is 0 Å². The van der Waals surface area contributed by atoms with Crippen molar-refractivity contribution in [1.82, 2.24) is 15.0 Å². The van der Waals surface area contributed by atoms with Gasteiger partial charge in [-0.25, -0.2) is 23.4 Å². The molecule has 7 nitrogen and oxygen atoms in total. The third-order valence-electron chi connectivity index (χ3n) is 6.08. The van der Waals surface area contributed by atoms with Crippen LogP contribution in [0.1, 0.15) is 25.3 Å². The Bertz CT molecular complexity index is 1390. The topological polar surface area (TPSA) is 85.3 Å². The van der Waals surface area contributed by atoms with Gasteiger partial charge in [-0.2, -0.15) is 0 Å². The Balaban J connectivity index is 1.24. The zero-order valence-corrected chi connectivity index (χ0v) is 20.8. The molecular formula is C25H26N4O3S2. The Kier molecular flexibility index (Phi) is 6.22. The highest BCUT2D eigenvalue weighted by Gasteiger charge is 2.23. The van der Waals surface area contributed by atoms with E-state index in [4.69, 9.17) is 4.74 Å². The van der Waals surface area contributed by atoms with Gasteiger partial charge in [0.25, 0.3) is 5.19 Å². The highest BCUT2D eigenvalue weighted by molar-refractivity contribution is 7.90. The van der Waals surface area contributed by atoms with E-state index in [1.807, 2.05) is 36.7 Å². The fourth-order valence-electron chi connectivity index (χ4n) is 4.04. The second kappa shape index (κ2) is 9.31. The molecule has 176 valence electrons. The lowest BCUT2D eigenvalue weighted by Crippen LogP contribution is -2.39. The summed E-state index contributed by atoms with van der Waals surface area (Å²) in [6.45, 7) is 3.81. The smallest absolute Gasteiger partial charge is 0.274 e. The molecule has 1 saturated heterocycles. The van der Waals surface area contributed by atoms with Crippen molar-refractivity contribution >= 4 is 37.3 Å². The summed E-state index contributed by atoms with van der Waals surface area (Å²) in [6, 6.07) is 13.0.